The Balaban J connectivity index is 1.94. The van der Waals surface area contributed by atoms with Crippen molar-refractivity contribution in [1.82, 2.24) is 0 Å². The third-order valence-electron chi connectivity index (χ3n) is 2.49. The molecule has 0 spiro atoms. The van der Waals surface area contributed by atoms with Crippen LogP contribution in [0.2, 0.25) is 0 Å². The highest BCUT2D eigenvalue weighted by atomic mass is 35.7. The number of benzene rings is 1. The molecule has 5 heteroatoms. The van der Waals surface area contributed by atoms with Crippen LogP contribution < -0.4 is 4.52 Å². The van der Waals surface area contributed by atoms with Gasteiger partial charge in [-0.15, -0.1) is 11.6 Å². The lowest BCUT2D eigenvalue weighted by molar-refractivity contribution is 0.638. The number of allylic oxidation sites excluding steroid dienone is 3. The smallest absolute Gasteiger partial charge is 0.247 e. The number of hydrogen-bond acceptors (Lipinski definition) is 2. The van der Waals surface area contributed by atoms with Gasteiger partial charge in [-0.2, -0.15) is 0 Å². The van der Waals surface area contributed by atoms with Crippen LogP contribution >= 0.6 is 40.9 Å². The first-order chi connectivity index (χ1) is 8.58. The van der Waals surface area contributed by atoms with Gasteiger partial charge < -0.3 is 4.52 Å². The van der Waals surface area contributed by atoms with Crippen molar-refractivity contribution in [2.45, 2.75) is 17.0 Å². The molecule has 0 saturated heterocycles. The predicted octanol–water partition coefficient (Wildman–Crippen LogP) is 5.76. The number of rotatable bonds is 4. The van der Waals surface area contributed by atoms with Crippen molar-refractivity contribution in [3.63, 3.8) is 0 Å². The minimum atomic E-state index is -1.12. The van der Waals surface area contributed by atoms with Gasteiger partial charge in [-0.25, -0.2) is 0 Å². The van der Waals surface area contributed by atoms with Gasteiger partial charge in [0.1, 0.15) is 5.75 Å². The number of halogens is 2. The van der Waals surface area contributed by atoms with Crippen LogP contribution in [-0.4, -0.2) is 10.1 Å². The summed E-state index contributed by atoms with van der Waals surface area (Å²) < 4.78 is 5.69. The normalized spacial score (nSPS) is 28.1. The molecule has 0 heterocycles. The van der Waals surface area contributed by atoms with Crippen LogP contribution in [0, 0.1) is 0 Å². The van der Waals surface area contributed by atoms with Gasteiger partial charge in [-0.3, -0.25) is 0 Å². The zero-order chi connectivity index (χ0) is 13.0. The molecule has 0 aromatic heterocycles. The summed E-state index contributed by atoms with van der Waals surface area (Å²) in [5.74, 6) is 0.790. The first-order valence-electron chi connectivity index (χ1n) is 5.48. The highest BCUT2D eigenvalue weighted by Gasteiger charge is 2.32. The van der Waals surface area contributed by atoms with Crippen molar-refractivity contribution in [2.24, 2.45) is 0 Å². The molecule has 1 aliphatic rings. The summed E-state index contributed by atoms with van der Waals surface area (Å²) >= 11 is 14.2. The fourth-order valence-corrected chi connectivity index (χ4v) is 5.73. The minimum Gasteiger partial charge on any atom is -0.448 e. The van der Waals surface area contributed by atoms with Gasteiger partial charge in [0.05, 0.1) is 10.1 Å². The monoisotopic (exact) mass is 318 g/mol. The molecule has 0 fully saturated rings. The van der Waals surface area contributed by atoms with Gasteiger partial charge in [0.15, 0.2) is 0 Å². The summed E-state index contributed by atoms with van der Waals surface area (Å²) in [7, 11) is 0. The summed E-state index contributed by atoms with van der Waals surface area (Å²) in [6.07, 6.45) is 7.99. The van der Waals surface area contributed by atoms with Crippen LogP contribution in [-0.2, 0) is 0 Å². The number of para-hydroxylation sites is 1. The quantitative estimate of drug-likeness (QED) is 0.516. The highest BCUT2D eigenvalue weighted by molar-refractivity contribution is 8.61. The van der Waals surface area contributed by atoms with E-state index in [1.807, 2.05) is 55.5 Å². The third-order valence-corrected chi connectivity index (χ3v) is 6.70. The number of alkyl halides is 1. The van der Waals surface area contributed by atoms with Crippen LogP contribution in [0.15, 0.2) is 54.6 Å². The molecule has 3 unspecified atom stereocenters. The lowest BCUT2D eigenvalue weighted by Crippen LogP contribution is -2.28. The maximum atomic E-state index is 6.42. The summed E-state index contributed by atoms with van der Waals surface area (Å²) in [4.78, 5) is -0.408. The van der Waals surface area contributed by atoms with Gasteiger partial charge >= 0.3 is 0 Å². The molecule has 0 saturated carbocycles. The van der Waals surface area contributed by atoms with Crippen LogP contribution in [0.4, 0.5) is 0 Å². The lowest BCUT2D eigenvalue weighted by Gasteiger charge is -2.29. The van der Waals surface area contributed by atoms with Gasteiger partial charge in [-0.05, 0) is 30.3 Å². The van der Waals surface area contributed by atoms with Crippen LogP contribution in [0.5, 0.6) is 5.75 Å². The molecular weight excluding hydrogens is 306 g/mol. The van der Waals surface area contributed by atoms with Crippen molar-refractivity contribution in [3.05, 3.63) is 54.6 Å². The van der Waals surface area contributed by atoms with E-state index >= 15 is 0 Å². The molecule has 3 atom stereocenters. The molecule has 96 valence electrons. The zero-order valence-corrected chi connectivity index (χ0v) is 13.0. The Hall–Kier alpha value is -0.140. The molecule has 0 bridgehead atoms. The molecule has 1 aromatic carbocycles. The second-order valence-corrected chi connectivity index (χ2v) is 9.33. The summed E-state index contributed by atoms with van der Waals surface area (Å²) in [5.41, 5.74) is 0. The predicted molar refractivity (Wildman–Crippen MR) is 83.8 cm³/mol. The van der Waals surface area contributed by atoms with Crippen molar-refractivity contribution in [2.75, 3.05) is 0 Å². The maximum absolute atomic E-state index is 6.42. The molecule has 0 amide bonds. The first-order valence-corrected chi connectivity index (χ1v) is 9.51. The lowest BCUT2D eigenvalue weighted by atomic mass is 10.0. The average molecular weight is 319 g/mol. The molecule has 0 N–H and O–H groups in total. The van der Waals surface area contributed by atoms with E-state index in [2.05, 4.69) is 6.08 Å². The van der Waals surface area contributed by atoms with E-state index in [0.717, 1.165) is 5.75 Å². The topological polar surface area (TPSA) is 9.23 Å². The summed E-state index contributed by atoms with van der Waals surface area (Å²) in [5, 5.41) is 0.122. The van der Waals surface area contributed by atoms with E-state index in [0.29, 0.717) is 0 Å². The van der Waals surface area contributed by atoms with Crippen molar-refractivity contribution < 1.29 is 4.52 Å². The standard InChI is InChI=1S/C13H13Cl2OPS/c1-13(14)10-6-5-9-12(13)18-17(15)16-11-7-3-2-4-8-11/h2-10,12H,1H3. The summed E-state index contributed by atoms with van der Waals surface area (Å²) in [6, 6.07) is 9.59. The molecule has 1 nitrogen and oxygen atoms in total. The molecule has 2 rings (SSSR count). The summed E-state index contributed by atoms with van der Waals surface area (Å²) in [6.45, 7) is 0.862. The van der Waals surface area contributed by atoms with E-state index in [9.17, 15) is 0 Å². The molecule has 18 heavy (non-hydrogen) atoms. The van der Waals surface area contributed by atoms with Gasteiger partial charge in [0.25, 0.3) is 0 Å². The van der Waals surface area contributed by atoms with Crippen molar-refractivity contribution >= 4 is 40.9 Å². The fraction of sp³-hybridized carbons (Fsp3) is 0.231. The SMILES string of the molecule is CC1(Cl)C=CC=CC1SP(Cl)Oc1ccccc1. The van der Waals surface area contributed by atoms with Gasteiger partial charge in [0, 0.05) is 0 Å². The van der Waals surface area contributed by atoms with Crippen LogP contribution in [0.3, 0.4) is 0 Å². The molecule has 0 aliphatic heterocycles. The number of hydrogen-bond donors (Lipinski definition) is 0. The van der Waals surface area contributed by atoms with Crippen LogP contribution in [0.1, 0.15) is 6.92 Å². The Kier molecular flexibility index (Phi) is 5.03. The third kappa shape index (κ3) is 3.93. The second-order valence-electron chi connectivity index (χ2n) is 4.04. The van der Waals surface area contributed by atoms with E-state index < -0.39 is 11.6 Å². The van der Waals surface area contributed by atoms with Gasteiger partial charge in [0.2, 0.25) is 6.70 Å². The average Bonchev–Trinajstić information content (AvgIpc) is 2.33. The van der Waals surface area contributed by atoms with Crippen LogP contribution in [0.25, 0.3) is 0 Å². The Labute approximate surface area is 123 Å². The Morgan fingerprint density at radius 1 is 1.28 bits per heavy atom. The minimum absolute atomic E-state index is 0.122. The Morgan fingerprint density at radius 3 is 2.67 bits per heavy atom. The van der Waals surface area contributed by atoms with E-state index in [1.165, 1.54) is 0 Å². The zero-order valence-electron chi connectivity index (χ0n) is 9.79. The molecule has 1 aromatic rings. The maximum Gasteiger partial charge on any atom is 0.247 e. The largest absolute Gasteiger partial charge is 0.448 e. The Bertz CT molecular complexity index is 448. The molecular formula is C13H13Cl2OPS. The van der Waals surface area contributed by atoms with Crippen molar-refractivity contribution in [1.29, 1.82) is 0 Å². The molecule has 1 aliphatic carbocycles. The van der Waals surface area contributed by atoms with Crippen molar-refractivity contribution in [3.8, 4) is 5.75 Å². The fourth-order valence-electron chi connectivity index (χ4n) is 1.50. The Morgan fingerprint density at radius 2 is 2.00 bits per heavy atom. The van der Waals surface area contributed by atoms with E-state index in [-0.39, 0.29) is 5.25 Å². The second kappa shape index (κ2) is 6.34. The van der Waals surface area contributed by atoms with E-state index in [1.54, 1.807) is 11.4 Å². The van der Waals surface area contributed by atoms with E-state index in [4.69, 9.17) is 27.4 Å². The molecule has 0 radical (unpaired) electrons. The highest BCUT2D eigenvalue weighted by Crippen LogP contribution is 2.59. The van der Waals surface area contributed by atoms with Gasteiger partial charge in [-0.1, -0.05) is 53.9 Å². The first kappa shape index (κ1) is 14.3.